The van der Waals surface area contributed by atoms with E-state index in [-0.39, 0.29) is 23.4 Å². The van der Waals surface area contributed by atoms with Crippen molar-refractivity contribution >= 4 is 10.0 Å². The van der Waals surface area contributed by atoms with Crippen LogP contribution in [0.5, 0.6) is 0 Å². The number of aliphatic hydroxyl groups is 1. The van der Waals surface area contributed by atoms with Gasteiger partial charge in [-0.3, -0.25) is 4.68 Å². The van der Waals surface area contributed by atoms with Crippen LogP contribution in [-0.4, -0.2) is 34.6 Å². The number of sulfonamides is 1. The number of benzene rings is 1. The third-order valence-electron chi connectivity index (χ3n) is 5.12. The zero-order valence-corrected chi connectivity index (χ0v) is 15.7. The van der Waals surface area contributed by atoms with Gasteiger partial charge in [-0.15, -0.1) is 0 Å². The van der Waals surface area contributed by atoms with Crippen molar-refractivity contribution in [3.8, 4) is 0 Å². The number of halogens is 3. The lowest BCUT2D eigenvalue weighted by Gasteiger charge is -2.11. The minimum Gasteiger partial charge on any atom is -0.392 e. The van der Waals surface area contributed by atoms with E-state index >= 15 is 0 Å². The molecule has 0 amide bonds. The highest BCUT2D eigenvalue weighted by molar-refractivity contribution is 7.90. The molecule has 2 aliphatic rings. The third kappa shape index (κ3) is 3.94. The maximum Gasteiger partial charge on any atom is 0.435 e. The molecule has 0 bridgehead atoms. The lowest BCUT2D eigenvalue weighted by molar-refractivity contribution is -0.142. The summed E-state index contributed by atoms with van der Waals surface area (Å²) in [7, 11) is -3.26. The molecule has 6 nitrogen and oxygen atoms in total. The molecule has 0 spiro atoms. The van der Waals surface area contributed by atoms with Gasteiger partial charge in [0, 0.05) is 17.8 Å². The van der Waals surface area contributed by atoms with Crippen LogP contribution < -0.4 is 4.72 Å². The molecule has 1 aromatic carbocycles. The van der Waals surface area contributed by atoms with Crippen molar-refractivity contribution in [1.82, 2.24) is 14.5 Å². The van der Waals surface area contributed by atoms with Crippen LogP contribution in [0.25, 0.3) is 0 Å². The zero-order chi connectivity index (χ0) is 20.1. The minimum absolute atomic E-state index is 0.134. The van der Waals surface area contributed by atoms with Gasteiger partial charge in [0.05, 0.1) is 18.4 Å². The normalized spacial score (nSPS) is 19.8. The van der Waals surface area contributed by atoms with Crippen LogP contribution in [0.2, 0.25) is 0 Å². The molecule has 28 heavy (non-hydrogen) atoms. The van der Waals surface area contributed by atoms with E-state index in [1.807, 2.05) is 18.2 Å². The summed E-state index contributed by atoms with van der Waals surface area (Å²) in [5.41, 5.74) is 1.46. The van der Waals surface area contributed by atoms with Crippen LogP contribution in [0.1, 0.15) is 40.8 Å². The molecular weight excluding hydrogens is 395 g/mol. The van der Waals surface area contributed by atoms with Gasteiger partial charge in [0.25, 0.3) is 0 Å². The number of aliphatic hydroxyl groups excluding tert-OH is 1. The quantitative estimate of drug-likeness (QED) is 0.756. The summed E-state index contributed by atoms with van der Waals surface area (Å²) >= 11 is 0. The molecule has 1 aromatic heterocycles. The van der Waals surface area contributed by atoms with Crippen LogP contribution in [0, 0.1) is 0 Å². The molecule has 1 saturated carbocycles. The topological polar surface area (TPSA) is 84.2 Å². The van der Waals surface area contributed by atoms with Crippen LogP contribution in [-0.2, 0) is 42.2 Å². The van der Waals surface area contributed by atoms with Crippen LogP contribution in [0.3, 0.4) is 0 Å². The van der Waals surface area contributed by atoms with E-state index in [9.17, 15) is 21.6 Å². The molecular formula is C18H20F3N3O3S. The van der Waals surface area contributed by atoms with Crippen molar-refractivity contribution in [3.05, 3.63) is 52.3 Å². The fraction of sp³-hybridized carbons (Fsp3) is 0.500. The Morgan fingerprint density at radius 2 is 1.93 bits per heavy atom. The molecule has 2 aliphatic carbocycles. The average molecular weight is 415 g/mol. The van der Waals surface area contributed by atoms with Crippen LogP contribution in [0.15, 0.2) is 24.4 Å². The Hall–Kier alpha value is -1.91. The van der Waals surface area contributed by atoms with Gasteiger partial charge in [-0.2, -0.15) is 18.3 Å². The van der Waals surface area contributed by atoms with E-state index in [1.54, 1.807) is 0 Å². The van der Waals surface area contributed by atoms with Gasteiger partial charge in [-0.05, 0) is 42.4 Å². The second-order valence-electron chi connectivity index (χ2n) is 7.43. The van der Waals surface area contributed by atoms with Crippen molar-refractivity contribution in [2.45, 2.75) is 56.3 Å². The molecule has 0 aliphatic heterocycles. The van der Waals surface area contributed by atoms with Gasteiger partial charge in [0.2, 0.25) is 10.0 Å². The average Bonchev–Trinajstić information content (AvgIpc) is 3.28. The van der Waals surface area contributed by atoms with Crippen molar-refractivity contribution in [1.29, 1.82) is 0 Å². The Balaban J connectivity index is 1.48. The highest BCUT2D eigenvalue weighted by Gasteiger charge is 2.38. The molecule has 0 saturated heterocycles. The predicted octanol–water partition coefficient (Wildman–Crippen LogP) is 1.99. The first-order chi connectivity index (χ1) is 13.2. The second kappa shape index (κ2) is 6.85. The standard InChI is InChI=1S/C18H20F3N3O3S/c19-18(20,21)17-14(10-25)9-24(22-17)8-11-1-2-12-6-15(7-13(12)5-11)23-28(26,27)16-3-4-16/h1-2,5,9,15-16,23,25H,3-4,6-8,10H2. The third-order valence-corrected chi connectivity index (χ3v) is 7.13. The largest absolute Gasteiger partial charge is 0.435 e. The Bertz CT molecular complexity index is 997. The molecule has 4 rings (SSSR count). The molecule has 1 atom stereocenters. The summed E-state index contributed by atoms with van der Waals surface area (Å²) in [4.78, 5) is 0. The number of rotatable bonds is 6. The molecule has 10 heteroatoms. The monoisotopic (exact) mass is 415 g/mol. The zero-order valence-electron chi connectivity index (χ0n) is 14.9. The molecule has 2 aromatic rings. The van der Waals surface area contributed by atoms with E-state index < -0.39 is 28.5 Å². The number of fused-ring (bicyclic) bond motifs is 1. The van der Waals surface area contributed by atoms with Gasteiger partial charge >= 0.3 is 6.18 Å². The van der Waals surface area contributed by atoms with Crippen molar-refractivity contribution < 1.29 is 26.7 Å². The smallest absolute Gasteiger partial charge is 0.392 e. The number of nitrogens with one attached hydrogen (secondary N) is 1. The Kier molecular flexibility index (Phi) is 4.75. The van der Waals surface area contributed by atoms with Gasteiger partial charge in [-0.25, -0.2) is 13.1 Å². The van der Waals surface area contributed by atoms with E-state index in [0.29, 0.717) is 25.7 Å². The second-order valence-corrected chi connectivity index (χ2v) is 9.42. The maximum atomic E-state index is 13.0. The molecule has 1 fully saturated rings. The molecule has 1 unspecified atom stereocenters. The lowest BCUT2D eigenvalue weighted by atomic mass is 10.1. The van der Waals surface area contributed by atoms with Crippen molar-refractivity contribution in [2.75, 3.05) is 0 Å². The van der Waals surface area contributed by atoms with Gasteiger partial charge in [-0.1, -0.05) is 18.2 Å². The SMILES string of the molecule is O=S(=O)(NC1Cc2ccc(Cn3cc(CO)c(C(F)(F)F)n3)cc2C1)C1CC1. The molecule has 2 N–H and O–H groups in total. The lowest BCUT2D eigenvalue weighted by Crippen LogP contribution is -2.37. The van der Waals surface area contributed by atoms with E-state index in [1.165, 1.54) is 10.9 Å². The van der Waals surface area contributed by atoms with E-state index in [2.05, 4.69) is 9.82 Å². The number of aromatic nitrogens is 2. The minimum atomic E-state index is -4.62. The van der Waals surface area contributed by atoms with Crippen LogP contribution in [0.4, 0.5) is 13.2 Å². The molecule has 0 radical (unpaired) electrons. The maximum absolute atomic E-state index is 13.0. The summed E-state index contributed by atoms with van der Waals surface area (Å²) < 4.78 is 67.1. The van der Waals surface area contributed by atoms with Gasteiger partial charge in [0.15, 0.2) is 5.69 Å². The number of nitrogens with zero attached hydrogens (tertiary/aromatic N) is 2. The van der Waals surface area contributed by atoms with Crippen molar-refractivity contribution in [3.63, 3.8) is 0 Å². The summed E-state index contributed by atoms with van der Waals surface area (Å²) in [6.45, 7) is -0.601. The van der Waals surface area contributed by atoms with Gasteiger partial charge < -0.3 is 5.11 Å². The molecule has 1 heterocycles. The van der Waals surface area contributed by atoms with Gasteiger partial charge in [0.1, 0.15) is 0 Å². The summed E-state index contributed by atoms with van der Waals surface area (Å²) in [6, 6.07) is 5.40. The highest BCUT2D eigenvalue weighted by Crippen LogP contribution is 2.32. The fourth-order valence-electron chi connectivity index (χ4n) is 3.65. The Morgan fingerprint density at radius 1 is 1.21 bits per heavy atom. The number of hydrogen-bond donors (Lipinski definition) is 2. The fourth-order valence-corrected chi connectivity index (χ4v) is 5.23. The highest BCUT2D eigenvalue weighted by atomic mass is 32.2. The van der Waals surface area contributed by atoms with Crippen LogP contribution >= 0.6 is 0 Å². The van der Waals surface area contributed by atoms with E-state index in [4.69, 9.17) is 5.11 Å². The van der Waals surface area contributed by atoms with E-state index in [0.717, 1.165) is 16.7 Å². The first-order valence-electron chi connectivity index (χ1n) is 9.02. The first-order valence-corrected chi connectivity index (χ1v) is 10.6. The first kappa shape index (κ1) is 19.4. The number of alkyl halides is 3. The number of hydrogen-bond acceptors (Lipinski definition) is 4. The summed E-state index contributed by atoms with van der Waals surface area (Å²) in [5.74, 6) is 0. The summed E-state index contributed by atoms with van der Waals surface area (Å²) in [5, 5.41) is 12.4. The van der Waals surface area contributed by atoms with Crippen molar-refractivity contribution in [2.24, 2.45) is 0 Å². The molecule has 152 valence electrons. The summed E-state index contributed by atoms with van der Waals surface area (Å²) in [6.07, 6.45) is -0.840. The predicted molar refractivity (Wildman–Crippen MR) is 95.0 cm³/mol. The Morgan fingerprint density at radius 3 is 2.54 bits per heavy atom. The Labute approximate surface area is 160 Å².